The first-order valence-electron chi connectivity index (χ1n) is 6.51. The second-order valence-corrected chi connectivity index (χ2v) is 6.00. The number of rotatable bonds is 4. The second-order valence-electron chi connectivity index (χ2n) is 4.76. The van der Waals surface area contributed by atoms with Crippen molar-refractivity contribution in [3.8, 4) is 0 Å². The Labute approximate surface area is 121 Å². The fourth-order valence-electron chi connectivity index (χ4n) is 2.23. The summed E-state index contributed by atoms with van der Waals surface area (Å²) in [5.74, 6) is 0. The number of fused-ring (bicyclic) bond motifs is 1. The zero-order valence-corrected chi connectivity index (χ0v) is 12.4. The van der Waals surface area contributed by atoms with Gasteiger partial charge in [0.1, 0.15) is 0 Å². The summed E-state index contributed by atoms with van der Waals surface area (Å²) in [5.41, 5.74) is 10.0. The van der Waals surface area contributed by atoms with E-state index in [0.29, 0.717) is 0 Å². The zero-order valence-electron chi connectivity index (χ0n) is 11.6. The molecule has 0 saturated carbocycles. The highest BCUT2D eigenvalue weighted by Gasteiger charge is 2.06. The summed E-state index contributed by atoms with van der Waals surface area (Å²) in [6.07, 6.45) is 2.72. The molecule has 0 fully saturated rings. The van der Waals surface area contributed by atoms with E-state index >= 15 is 0 Å². The van der Waals surface area contributed by atoms with Crippen molar-refractivity contribution in [2.24, 2.45) is 7.05 Å². The summed E-state index contributed by atoms with van der Waals surface area (Å²) in [4.78, 5) is 4.50. The van der Waals surface area contributed by atoms with Gasteiger partial charge in [-0.1, -0.05) is 0 Å². The number of hydrogen-bond acceptors (Lipinski definition) is 5. The number of aryl methyl sites for hydroxylation is 2. The van der Waals surface area contributed by atoms with Gasteiger partial charge in [0.15, 0.2) is 0 Å². The molecule has 3 aromatic rings. The van der Waals surface area contributed by atoms with Crippen LogP contribution in [0.2, 0.25) is 0 Å². The Hall–Kier alpha value is -2.08. The molecule has 5 nitrogen and oxygen atoms in total. The minimum Gasteiger partial charge on any atom is -0.397 e. The van der Waals surface area contributed by atoms with Gasteiger partial charge >= 0.3 is 0 Å². The number of nitrogens with zero attached hydrogens (tertiary/aromatic N) is 3. The minimum atomic E-state index is 0.770. The van der Waals surface area contributed by atoms with Crippen LogP contribution in [0.4, 0.5) is 11.4 Å². The maximum absolute atomic E-state index is 6.08. The van der Waals surface area contributed by atoms with Crippen molar-refractivity contribution in [2.75, 3.05) is 17.6 Å². The van der Waals surface area contributed by atoms with Gasteiger partial charge in [0.25, 0.3) is 0 Å². The van der Waals surface area contributed by atoms with Crippen LogP contribution in [0.1, 0.15) is 10.7 Å². The van der Waals surface area contributed by atoms with Crippen molar-refractivity contribution in [1.82, 2.24) is 14.8 Å². The zero-order chi connectivity index (χ0) is 14.1. The number of anilines is 2. The standard InChI is InChI=1S/C14H17N5S/c1-9-18-13-8-12(11(15)7-14(13)20-9)16-5-3-10-4-6-17-19(10)2/h4,6-8,16H,3,5,15H2,1-2H3. The molecule has 2 aromatic heterocycles. The van der Waals surface area contributed by atoms with E-state index in [1.165, 1.54) is 5.69 Å². The third-order valence-electron chi connectivity index (χ3n) is 3.29. The highest BCUT2D eigenvalue weighted by molar-refractivity contribution is 7.18. The predicted molar refractivity (Wildman–Crippen MR) is 84.2 cm³/mol. The summed E-state index contributed by atoms with van der Waals surface area (Å²) in [6, 6.07) is 6.04. The summed E-state index contributed by atoms with van der Waals surface area (Å²) in [5, 5.41) is 8.60. The maximum atomic E-state index is 6.08. The summed E-state index contributed by atoms with van der Waals surface area (Å²) in [7, 11) is 1.95. The van der Waals surface area contributed by atoms with Crippen LogP contribution >= 0.6 is 11.3 Å². The number of aromatic nitrogens is 3. The average molecular weight is 287 g/mol. The molecular formula is C14H17N5S. The molecule has 0 spiro atoms. The van der Waals surface area contributed by atoms with Gasteiger partial charge in [0.2, 0.25) is 0 Å². The molecule has 104 valence electrons. The first-order chi connectivity index (χ1) is 9.63. The number of nitrogens with two attached hydrogens (primary N) is 1. The van der Waals surface area contributed by atoms with Crippen molar-refractivity contribution in [2.45, 2.75) is 13.3 Å². The Kier molecular flexibility index (Phi) is 3.31. The van der Waals surface area contributed by atoms with Gasteiger partial charge in [-0.2, -0.15) is 5.10 Å². The van der Waals surface area contributed by atoms with Gasteiger partial charge < -0.3 is 11.1 Å². The number of nitrogen functional groups attached to an aromatic ring is 1. The predicted octanol–water partition coefficient (Wildman–Crippen LogP) is 2.58. The molecule has 0 amide bonds. The van der Waals surface area contributed by atoms with Crippen LogP contribution in [0.15, 0.2) is 24.4 Å². The van der Waals surface area contributed by atoms with E-state index in [1.807, 2.05) is 43.0 Å². The van der Waals surface area contributed by atoms with Crippen LogP contribution in [0.3, 0.4) is 0 Å². The van der Waals surface area contributed by atoms with Gasteiger partial charge in [-0.3, -0.25) is 4.68 Å². The molecule has 3 N–H and O–H groups in total. The molecular weight excluding hydrogens is 270 g/mol. The lowest BCUT2D eigenvalue weighted by molar-refractivity contribution is 0.711. The largest absolute Gasteiger partial charge is 0.397 e. The average Bonchev–Trinajstić information content (AvgIpc) is 2.95. The van der Waals surface area contributed by atoms with Crippen LogP contribution in [-0.2, 0) is 13.5 Å². The van der Waals surface area contributed by atoms with Crippen LogP contribution in [0, 0.1) is 6.92 Å². The number of benzene rings is 1. The molecule has 6 heteroatoms. The van der Waals surface area contributed by atoms with E-state index in [-0.39, 0.29) is 0 Å². The maximum Gasteiger partial charge on any atom is 0.0907 e. The Bertz CT molecular complexity index is 743. The molecule has 0 aliphatic rings. The van der Waals surface area contributed by atoms with Crippen molar-refractivity contribution in [3.05, 3.63) is 35.1 Å². The molecule has 20 heavy (non-hydrogen) atoms. The molecule has 0 radical (unpaired) electrons. The van der Waals surface area contributed by atoms with Gasteiger partial charge in [-0.05, 0) is 25.1 Å². The Morgan fingerprint density at radius 3 is 3.00 bits per heavy atom. The third-order valence-corrected chi connectivity index (χ3v) is 4.22. The van der Waals surface area contributed by atoms with E-state index in [0.717, 1.165) is 39.6 Å². The van der Waals surface area contributed by atoms with Gasteiger partial charge in [0.05, 0.1) is 26.6 Å². The van der Waals surface area contributed by atoms with Crippen molar-refractivity contribution in [3.63, 3.8) is 0 Å². The van der Waals surface area contributed by atoms with E-state index in [2.05, 4.69) is 15.4 Å². The molecule has 0 atom stereocenters. The van der Waals surface area contributed by atoms with Crippen molar-refractivity contribution >= 4 is 32.9 Å². The van der Waals surface area contributed by atoms with Gasteiger partial charge in [0, 0.05) is 31.9 Å². The fourth-order valence-corrected chi connectivity index (χ4v) is 3.09. The van der Waals surface area contributed by atoms with Gasteiger partial charge in [-0.25, -0.2) is 4.98 Å². The molecule has 0 unspecified atom stereocenters. The molecule has 0 saturated heterocycles. The van der Waals surface area contributed by atoms with E-state index in [4.69, 9.17) is 5.73 Å². The highest BCUT2D eigenvalue weighted by Crippen LogP contribution is 2.29. The van der Waals surface area contributed by atoms with Crippen molar-refractivity contribution in [1.29, 1.82) is 0 Å². The summed E-state index contributed by atoms with van der Waals surface area (Å²) >= 11 is 1.67. The Balaban J connectivity index is 1.73. The van der Waals surface area contributed by atoms with Crippen LogP contribution in [0.5, 0.6) is 0 Å². The van der Waals surface area contributed by atoms with Crippen LogP contribution in [0.25, 0.3) is 10.2 Å². The fraction of sp³-hybridized carbons (Fsp3) is 0.286. The van der Waals surface area contributed by atoms with E-state index in [9.17, 15) is 0 Å². The van der Waals surface area contributed by atoms with Crippen LogP contribution < -0.4 is 11.1 Å². The monoisotopic (exact) mass is 287 g/mol. The highest BCUT2D eigenvalue weighted by atomic mass is 32.1. The Morgan fingerprint density at radius 1 is 1.40 bits per heavy atom. The topological polar surface area (TPSA) is 68.8 Å². The number of nitrogens with one attached hydrogen (secondary N) is 1. The van der Waals surface area contributed by atoms with Crippen LogP contribution in [-0.4, -0.2) is 21.3 Å². The van der Waals surface area contributed by atoms with Gasteiger partial charge in [-0.15, -0.1) is 11.3 Å². The molecule has 0 aliphatic carbocycles. The SMILES string of the molecule is Cc1nc2cc(NCCc3ccnn3C)c(N)cc2s1. The molecule has 0 bridgehead atoms. The quantitative estimate of drug-likeness (QED) is 0.724. The summed E-state index contributed by atoms with van der Waals surface area (Å²) < 4.78 is 3.02. The number of hydrogen-bond donors (Lipinski definition) is 2. The van der Waals surface area contributed by atoms with Crippen molar-refractivity contribution < 1.29 is 0 Å². The molecule has 1 aromatic carbocycles. The minimum absolute atomic E-state index is 0.770. The van der Waals surface area contributed by atoms with E-state index in [1.54, 1.807) is 11.3 Å². The first-order valence-corrected chi connectivity index (χ1v) is 7.32. The first kappa shape index (κ1) is 12.9. The molecule has 0 aliphatic heterocycles. The smallest absolute Gasteiger partial charge is 0.0907 e. The normalized spacial score (nSPS) is 11.1. The summed E-state index contributed by atoms with van der Waals surface area (Å²) in [6.45, 7) is 2.83. The lowest BCUT2D eigenvalue weighted by atomic mass is 10.2. The second kappa shape index (κ2) is 5.13. The Morgan fingerprint density at radius 2 is 2.25 bits per heavy atom. The van der Waals surface area contributed by atoms with E-state index < -0.39 is 0 Å². The third kappa shape index (κ3) is 2.46. The molecule has 2 heterocycles. The lowest BCUT2D eigenvalue weighted by Gasteiger charge is -2.09. The molecule has 3 rings (SSSR count). The number of thiazole rings is 1. The lowest BCUT2D eigenvalue weighted by Crippen LogP contribution is -2.09.